The van der Waals surface area contributed by atoms with Crippen molar-refractivity contribution in [1.82, 2.24) is 4.98 Å². The molecular formula is C12H16N4O3S. The van der Waals surface area contributed by atoms with Crippen LogP contribution in [0.4, 0.5) is 11.4 Å². The second-order valence-electron chi connectivity index (χ2n) is 4.26. The average molecular weight is 296 g/mol. The topological polar surface area (TPSA) is 124 Å². The molecule has 0 atom stereocenters. The SMILES string of the molecule is CCc1cnc(CNc2cc(N)cc(S(N)(=O)=O)c2)o1. The quantitative estimate of drug-likeness (QED) is 0.709. The van der Waals surface area contributed by atoms with E-state index in [0.29, 0.717) is 23.8 Å². The molecule has 7 nitrogen and oxygen atoms in total. The Balaban J connectivity index is 2.15. The zero-order valence-corrected chi connectivity index (χ0v) is 11.8. The summed E-state index contributed by atoms with van der Waals surface area (Å²) in [7, 11) is -3.79. The van der Waals surface area contributed by atoms with Crippen LogP contribution in [0, 0.1) is 0 Å². The number of aryl methyl sites for hydroxylation is 1. The van der Waals surface area contributed by atoms with Crippen LogP contribution in [-0.4, -0.2) is 13.4 Å². The van der Waals surface area contributed by atoms with Gasteiger partial charge in [0.1, 0.15) is 5.76 Å². The number of hydrogen-bond acceptors (Lipinski definition) is 6. The standard InChI is InChI=1S/C12H16N4O3S/c1-2-10-6-16-12(19-10)7-15-9-3-8(13)4-11(5-9)20(14,17)18/h3-6,15H,2,7,13H2,1H3,(H2,14,17,18). The number of rotatable bonds is 5. The van der Waals surface area contributed by atoms with E-state index in [1.807, 2.05) is 6.92 Å². The first-order chi connectivity index (χ1) is 9.38. The number of anilines is 2. The van der Waals surface area contributed by atoms with E-state index in [2.05, 4.69) is 10.3 Å². The number of sulfonamides is 1. The molecule has 0 saturated carbocycles. The normalized spacial score (nSPS) is 11.5. The van der Waals surface area contributed by atoms with Crippen LogP contribution in [0.15, 0.2) is 33.7 Å². The van der Waals surface area contributed by atoms with Gasteiger partial charge in [-0.25, -0.2) is 18.5 Å². The fourth-order valence-electron chi connectivity index (χ4n) is 1.66. The predicted octanol–water partition coefficient (Wildman–Crippen LogP) is 1.08. The maximum Gasteiger partial charge on any atom is 0.238 e. The number of hydrogen-bond donors (Lipinski definition) is 3. The lowest BCUT2D eigenvalue weighted by Crippen LogP contribution is -2.13. The van der Waals surface area contributed by atoms with Crippen molar-refractivity contribution < 1.29 is 12.8 Å². The van der Waals surface area contributed by atoms with Crippen molar-refractivity contribution >= 4 is 21.4 Å². The molecule has 0 saturated heterocycles. The molecule has 0 bridgehead atoms. The molecule has 2 rings (SSSR count). The van der Waals surface area contributed by atoms with Gasteiger partial charge in [-0.1, -0.05) is 6.92 Å². The third kappa shape index (κ3) is 3.49. The van der Waals surface area contributed by atoms with Gasteiger partial charge in [-0.15, -0.1) is 0 Å². The molecule has 0 unspecified atom stereocenters. The third-order valence-electron chi connectivity index (χ3n) is 2.65. The molecule has 108 valence electrons. The Labute approximate surface area is 117 Å². The molecule has 0 aliphatic carbocycles. The maximum atomic E-state index is 11.3. The Morgan fingerprint density at radius 1 is 1.35 bits per heavy atom. The van der Waals surface area contributed by atoms with Crippen LogP contribution in [0.3, 0.4) is 0 Å². The van der Waals surface area contributed by atoms with Gasteiger partial charge in [0, 0.05) is 17.8 Å². The Morgan fingerprint density at radius 2 is 2.10 bits per heavy atom. The van der Waals surface area contributed by atoms with Crippen molar-refractivity contribution in [2.24, 2.45) is 5.14 Å². The summed E-state index contributed by atoms with van der Waals surface area (Å²) in [5.41, 5.74) is 6.49. The number of nitrogen functional groups attached to an aromatic ring is 1. The van der Waals surface area contributed by atoms with E-state index in [-0.39, 0.29) is 4.90 Å². The summed E-state index contributed by atoms with van der Waals surface area (Å²) >= 11 is 0. The van der Waals surface area contributed by atoms with E-state index in [9.17, 15) is 8.42 Å². The summed E-state index contributed by atoms with van der Waals surface area (Å²) in [5.74, 6) is 1.31. The molecule has 20 heavy (non-hydrogen) atoms. The highest BCUT2D eigenvalue weighted by molar-refractivity contribution is 7.89. The van der Waals surface area contributed by atoms with Crippen LogP contribution in [0.25, 0.3) is 0 Å². The fourth-order valence-corrected chi connectivity index (χ4v) is 2.25. The molecule has 0 spiro atoms. The molecule has 1 aromatic carbocycles. The minimum absolute atomic E-state index is 0.0401. The summed E-state index contributed by atoms with van der Waals surface area (Å²) in [6, 6.07) is 4.33. The largest absolute Gasteiger partial charge is 0.444 e. The summed E-state index contributed by atoms with van der Waals surface area (Å²) < 4.78 is 28.1. The lowest BCUT2D eigenvalue weighted by molar-refractivity contribution is 0.466. The molecule has 5 N–H and O–H groups in total. The molecule has 0 aliphatic heterocycles. The molecule has 0 amide bonds. The monoisotopic (exact) mass is 296 g/mol. The van der Waals surface area contributed by atoms with E-state index in [0.717, 1.165) is 12.2 Å². The number of primary sulfonamides is 1. The van der Waals surface area contributed by atoms with Crippen LogP contribution in [-0.2, 0) is 23.0 Å². The van der Waals surface area contributed by atoms with Crippen molar-refractivity contribution in [2.75, 3.05) is 11.1 Å². The molecule has 2 aromatic rings. The van der Waals surface area contributed by atoms with Gasteiger partial charge in [0.05, 0.1) is 17.6 Å². The van der Waals surface area contributed by atoms with E-state index < -0.39 is 10.0 Å². The summed E-state index contributed by atoms with van der Waals surface area (Å²) in [4.78, 5) is 4.05. The van der Waals surface area contributed by atoms with E-state index in [4.69, 9.17) is 15.3 Å². The summed E-state index contributed by atoms with van der Waals surface area (Å²) in [6.45, 7) is 2.29. The first-order valence-electron chi connectivity index (χ1n) is 5.99. The van der Waals surface area contributed by atoms with Crippen molar-refractivity contribution in [2.45, 2.75) is 24.8 Å². The molecule has 1 aromatic heterocycles. The number of oxazole rings is 1. The lowest BCUT2D eigenvalue weighted by Gasteiger charge is -2.07. The van der Waals surface area contributed by atoms with Gasteiger partial charge < -0.3 is 15.5 Å². The molecule has 0 aliphatic rings. The molecular weight excluding hydrogens is 280 g/mol. The van der Waals surface area contributed by atoms with Gasteiger partial charge >= 0.3 is 0 Å². The average Bonchev–Trinajstić information content (AvgIpc) is 2.82. The molecule has 1 heterocycles. The van der Waals surface area contributed by atoms with Gasteiger partial charge in [-0.2, -0.15) is 0 Å². The third-order valence-corrected chi connectivity index (χ3v) is 3.54. The number of nitrogens with one attached hydrogen (secondary N) is 1. The van der Waals surface area contributed by atoms with Gasteiger partial charge in [-0.3, -0.25) is 0 Å². The zero-order chi connectivity index (χ0) is 14.8. The highest BCUT2D eigenvalue weighted by Gasteiger charge is 2.10. The van der Waals surface area contributed by atoms with Crippen molar-refractivity contribution in [3.8, 4) is 0 Å². The Bertz CT molecular complexity index is 709. The summed E-state index contributed by atoms with van der Waals surface area (Å²) in [5, 5.41) is 8.08. The molecule has 0 radical (unpaired) electrons. The number of nitrogens with two attached hydrogens (primary N) is 2. The Hall–Kier alpha value is -2.06. The Kier molecular flexibility index (Phi) is 3.96. The first kappa shape index (κ1) is 14.4. The van der Waals surface area contributed by atoms with Gasteiger partial charge in [0.15, 0.2) is 0 Å². The first-order valence-corrected chi connectivity index (χ1v) is 7.54. The highest BCUT2D eigenvalue weighted by atomic mass is 32.2. The smallest absolute Gasteiger partial charge is 0.238 e. The predicted molar refractivity (Wildman–Crippen MR) is 75.4 cm³/mol. The second kappa shape index (κ2) is 5.51. The maximum absolute atomic E-state index is 11.3. The Morgan fingerprint density at radius 3 is 2.70 bits per heavy atom. The molecule has 0 fully saturated rings. The second-order valence-corrected chi connectivity index (χ2v) is 5.82. The highest BCUT2D eigenvalue weighted by Crippen LogP contribution is 2.20. The number of benzene rings is 1. The van der Waals surface area contributed by atoms with Crippen LogP contribution in [0.1, 0.15) is 18.6 Å². The van der Waals surface area contributed by atoms with Gasteiger partial charge in [-0.05, 0) is 18.2 Å². The zero-order valence-electron chi connectivity index (χ0n) is 11.0. The fraction of sp³-hybridized carbons (Fsp3) is 0.250. The molecule has 8 heteroatoms. The van der Waals surface area contributed by atoms with Crippen LogP contribution < -0.4 is 16.2 Å². The number of aromatic nitrogens is 1. The van der Waals surface area contributed by atoms with Crippen molar-refractivity contribution in [1.29, 1.82) is 0 Å². The summed E-state index contributed by atoms with van der Waals surface area (Å²) in [6.07, 6.45) is 2.42. The van der Waals surface area contributed by atoms with Gasteiger partial charge in [0.2, 0.25) is 15.9 Å². The van der Waals surface area contributed by atoms with Crippen LogP contribution in [0.2, 0.25) is 0 Å². The van der Waals surface area contributed by atoms with E-state index in [1.165, 1.54) is 12.1 Å². The van der Waals surface area contributed by atoms with Crippen molar-refractivity contribution in [3.63, 3.8) is 0 Å². The minimum atomic E-state index is -3.79. The van der Waals surface area contributed by atoms with E-state index >= 15 is 0 Å². The van der Waals surface area contributed by atoms with E-state index in [1.54, 1.807) is 12.3 Å². The lowest BCUT2D eigenvalue weighted by atomic mass is 10.3. The van der Waals surface area contributed by atoms with Crippen molar-refractivity contribution in [3.05, 3.63) is 36.0 Å². The van der Waals surface area contributed by atoms with Gasteiger partial charge in [0.25, 0.3) is 0 Å². The van der Waals surface area contributed by atoms with Crippen LogP contribution >= 0.6 is 0 Å². The van der Waals surface area contributed by atoms with Crippen LogP contribution in [0.5, 0.6) is 0 Å². The number of nitrogens with zero attached hydrogens (tertiary/aromatic N) is 1. The minimum Gasteiger partial charge on any atom is -0.444 e.